The summed E-state index contributed by atoms with van der Waals surface area (Å²) in [6.45, 7) is 0. The molecule has 4 aromatic rings. The van der Waals surface area contributed by atoms with E-state index in [0.717, 1.165) is 11.8 Å². The number of benzene rings is 1. The van der Waals surface area contributed by atoms with Gasteiger partial charge in [-0.3, -0.25) is 0 Å². The third-order valence-corrected chi connectivity index (χ3v) is 5.63. The maximum Gasteiger partial charge on any atom is 0.404 e. The van der Waals surface area contributed by atoms with Gasteiger partial charge >= 0.3 is 6.09 Å². The van der Waals surface area contributed by atoms with Crippen molar-refractivity contribution >= 4 is 11.7 Å². The van der Waals surface area contributed by atoms with Crippen molar-refractivity contribution < 1.29 is 23.1 Å². The Kier molecular flexibility index (Phi) is 4.57. The average molecular weight is 443 g/mol. The summed E-state index contributed by atoms with van der Waals surface area (Å²) in [6.07, 6.45) is 0.803. The van der Waals surface area contributed by atoms with Crippen LogP contribution in [0.1, 0.15) is 22.9 Å². The second-order valence-electron chi connectivity index (χ2n) is 7.61. The molecule has 2 N–H and O–H groups in total. The van der Waals surface area contributed by atoms with Gasteiger partial charge in [0.05, 0.1) is 12.7 Å². The zero-order valence-electron chi connectivity index (χ0n) is 16.6. The fraction of sp³-hybridized carbons (Fsp3) is 0.250. The van der Waals surface area contributed by atoms with Crippen LogP contribution in [0.5, 0.6) is 0 Å². The number of imidazole rings is 1. The van der Waals surface area contributed by atoms with E-state index in [1.165, 1.54) is 4.80 Å². The highest BCUT2D eigenvalue weighted by Gasteiger charge is 2.36. The Bertz CT molecular complexity index is 1370. The number of aromatic nitrogens is 6. The van der Waals surface area contributed by atoms with Crippen molar-refractivity contribution in [2.45, 2.75) is 24.8 Å². The molecule has 164 valence electrons. The molecule has 0 radical (unpaired) electrons. The Morgan fingerprint density at radius 1 is 1.16 bits per heavy atom. The van der Waals surface area contributed by atoms with Crippen molar-refractivity contribution in [3.63, 3.8) is 0 Å². The smallest absolute Gasteiger partial charge is 0.404 e. The number of hydrogen-bond donors (Lipinski definition) is 2. The molecule has 0 aliphatic heterocycles. The normalized spacial score (nSPS) is 18.0. The Morgan fingerprint density at radius 2 is 1.94 bits per heavy atom. The van der Waals surface area contributed by atoms with Crippen LogP contribution in [0.4, 0.5) is 18.0 Å². The van der Waals surface area contributed by atoms with Crippen molar-refractivity contribution in [1.82, 2.24) is 34.9 Å². The first-order chi connectivity index (χ1) is 15.3. The van der Waals surface area contributed by atoms with Gasteiger partial charge in [-0.2, -0.15) is 4.80 Å². The van der Waals surface area contributed by atoms with Crippen LogP contribution in [0.3, 0.4) is 0 Å². The van der Waals surface area contributed by atoms with Gasteiger partial charge < -0.3 is 14.8 Å². The van der Waals surface area contributed by atoms with Gasteiger partial charge in [0.25, 0.3) is 0 Å². The predicted octanol–water partition coefficient (Wildman–Crippen LogP) is 2.46. The molecule has 3 aromatic heterocycles. The molecule has 0 bridgehead atoms. The number of fused-ring (bicyclic) bond motifs is 3. The third-order valence-electron chi connectivity index (χ3n) is 5.63. The Balaban J connectivity index is 1.58. The largest absolute Gasteiger partial charge is 0.465 e. The molecule has 5 rings (SSSR count). The molecule has 32 heavy (non-hydrogen) atoms. The van der Waals surface area contributed by atoms with Crippen molar-refractivity contribution in [3.8, 4) is 11.4 Å². The van der Waals surface area contributed by atoms with E-state index in [-0.39, 0.29) is 18.4 Å². The van der Waals surface area contributed by atoms with Crippen molar-refractivity contribution in [2.24, 2.45) is 7.05 Å². The minimum Gasteiger partial charge on any atom is -0.465 e. The number of hydrogen-bond acceptors (Lipinski definition) is 5. The van der Waals surface area contributed by atoms with E-state index >= 15 is 0 Å². The van der Waals surface area contributed by atoms with Gasteiger partial charge in [-0.15, -0.1) is 10.2 Å². The highest BCUT2D eigenvalue weighted by atomic mass is 19.2. The molecule has 0 unspecified atom stereocenters. The van der Waals surface area contributed by atoms with Crippen LogP contribution in [0, 0.1) is 17.5 Å². The average Bonchev–Trinajstić information content (AvgIpc) is 3.32. The van der Waals surface area contributed by atoms with Crippen molar-refractivity contribution in [1.29, 1.82) is 0 Å². The zero-order chi connectivity index (χ0) is 22.6. The molecular weight excluding hydrogens is 427 g/mol. The maximum atomic E-state index is 14.5. The summed E-state index contributed by atoms with van der Waals surface area (Å²) >= 11 is 0. The minimum atomic E-state index is -1.30. The van der Waals surface area contributed by atoms with Crippen LogP contribution in [-0.4, -0.2) is 46.8 Å². The monoisotopic (exact) mass is 443 g/mol. The molecule has 12 heteroatoms. The van der Waals surface area contributed by atoms with E-state index in [1.54, 1.807) is 25.4 Å². The molecule has 1 amide bonds. The summed E-state index contributed by atoms with van der Waals surface area (Å²) in [6, 6.07) is 4.04. The number of nitrogens with zero attached hydrogens (tertiary/aromatic N) is 6. The molecule has 1 aromatic carbocycles. The van der Waals surface area contributed by atoms with Gasteiger partial charge in [-0.25, -0.2) is 22.9 Å². The van der Waals surface area contributed by atoms with Crippen LogP contribution in [0.15, 0.2) is 30.5 Å². The van der Waals surface area contributed by atoms with Gasteiger partial charge in [-0.1, -0.05) is 0 Å². The number of pyridine rings is 1. The Morgan fingerprint density at radius 3 is 2.66 bits per heavy atom. The number of tetrazole rings is 1. The lowest BCUT2D eigenvalue weighted by Gasteiger charge is -2.31. The van der Waals surface area contributed by atoms with E-state index < -0.39 is 35.5 Å². The fourth-order valence-electron chi connectivity index (χ4n) is 4.22. The molecule has 0 saturated carbocycles. The predicted molar refractivity (Wildman–Crippen MR) is 104 cm³/mol. The van der Waals surface area contributed by atoms with Crippen LogP contribution in [0.25, 0.3) is 17.0 Å². The quantitative estimate of drug-likeness (QED) is 0.471. The first kappa shape index (κ1) is 20.0. The first-order valence-electron chi connectivity index (χ1n) is 9.68. The number of amides is 1. The van der Waals surface area contributed by atoms with Crippen LogP contribution in [0.2, 0.25) is 0 Å². The summed E-state index contributed by atoms with van der Waals surface area (Å²) < 4.78 is 43.6. The third kappa shape index (κ3) is 3.33. The minimum absolute atomic E-state index is 0.102. The number of aryl methyl sites for hydroxylation is 1. The lowest BCUT2D eigenvalue weighted by atomic mass is 9.80. The first-order valence-corrected chi connectivity index (χ1v) is 9.68. The molecule has 1 aliphatic rings. The highest BCUT2D eigenvalue weighted by molar-refractivity contribution is 5.66. The van der Waals surface area contributed by atoms with Gasteiger partial charge in [0.15, 0.2) is 11.6 Å². The lowest BCUT2D eigenvalue weighted by Crippen LogP contribution is -2.43. The number of carboxylic acid groups (broad SMARTS) is 1. The van der Waals surface area contributed by atoms with Gasteiger partial charge in [0.2, 0.25) is 5.82 Å². The second-order valence-corrected chi connectivity index (χ2v) is 7.61. The number of rotatable bonds is 3. The molecule has 0 saturated heterocycles. The van der Waals surface area contributed by atoms with E-state index in [0.29, 0.717) is 28.8 Å². The molecule has 9 nitrogen and oxygen atoms in total. The SMILES string of the molecule is Cn1nnc(-c2ccn3c4c(nc3c2)C[C@H](c2cc(F)c(F)cc2F)[C@@H](NC(=O)O)C4)n1. The Labute approximate surface area is 178 Å². The van der Waals surface area contributed by atoms with Crippen LogP contribution >= 0.6 is 0 Å². The fourth-order valence-corrected chi connectivity index (χ4v) is 4.22. The summed E-state index contributed by atoms with van der Waals surface area (Å²) in [5, 5.41) is 23.6. The van der Waals surface area contributed by atoms with E-state index in [1.807, 2.05) is 4.40 Å². The van der Waals surface area contributed by atoms with Crippen LogP contribution < -0.4 is 5.32 Å². The second kappa shape index (κ2) is 7.32. The molecule has 3 heterocycles. The number of carbonyl (C=O) groups is 1. The van der Waals surface area contributed by atoms with Gasteiger partial charge in [0.1, 0.15) is 11.5 Å². The Hall–Kier alpha value is -3.96. The molecule has 0 spiro atoms. The lowest BCUT2D eigenvalue weighted by molar-refractivity contribution is 0.186. The summed E-state index contributed by atoms with van der Waals surface area (Å²) in [4.78, 5) is 17.3. The highest BCUT2D eigenvalue weighted by Crippen LogP contribution is 2.35. The van der Waals surface area contributed by atoms with E-state index in [4.69, 9.17) is 0 Å². The standard InChI is InChI=1S/C20H16F3N7O2/c1-29-27-19(26-28-29)9-2-3-30-17-8-15(25-20(31)32)11(6-16(17)24-18(30)4-9)10-5-13(22)14(23)7-12(10)21/h2-5,7,11,15,25H,6,8H2,1H3,(H,31,32)/t11-,15+/m1/s1. The molecule has 1 aliphatic carbocycles. The maximum absolute atomic E-state index is 14.5. The van der Waals surface area contributed by atoms with Crippen molar-refractivity contribution in [3.05, 3.63) is 64.9 Å². The topological polar surface area (TPSA) is 110 Å². The van der Waals surface area contributed by atoms with E-state index in [2.05, 4.69) is 25.7 Å². The molecular formula is C20H16F3N7O2. The van der Waals surface area contributed by atoms with Crippen LogP contribution in [-0.2, 0) is 19.9 Å². The number of nitrogens with one attached hydrogen (secondary N) is 1. The van der Waals surface area contributed by atoms with Gasteiger partial charge in [-0.05, 0) is 29.0 Å². The van der Waals surface area contributed by atoms with Crippen molar-refractivity contribution in [2.75, 3.05) is 0 Å². The summed E-state index contributed by atoms with van der Waals surface area (Å²) in [7, 11) is 1.65. The summed E-state index contributed by atoms with van der Waals surface area (Å²) in [5.41, 5.74) is 2.52. The summed E-state index contributed by atoms with van der Waals surface area (Å²) in [5.74, 6) is -3.78. The molecule has 0 fully saturated rings. The van der Waals surface area contributed by atoms with E-state index in [9.17, 15) is 23.1 Å². The number of halogens is 3. The van der Waals surface area contributed by atoms with Gasteiger partial charge in [0, 0.05) is 48.3 Å². The zero-order valence-corrected chi connectivity index (χ0v) is 16.6. The molecule has 2 atom stereocenters.